The third-order valence-electron chi connectivity index (χ3n) is 2.73. The Labute approximate surface area is 110 Å². The number of hydrogen-bond acceptors (Lipinski definition) is 3. The molecule has 1 unspecified atom stereocenters. The highest BCUT2D eigenvalue weighted by Crippen LogP contribution is 2.20. The van der Waals surface area contributed by atoms with Crippen LogP contribution in [0.2, 0.25) is 5.02 Å². The summed E-state index contributed by atoms with van der Waals surface area (Å²) in [7, 11) is 0. The molecular formula is C13H14ClNO3. The van der Waals surface area contributed by atoms with Gasteiger partial charge >= 0.3 is 5.97 Å². The van der Waals surface area contributed by atoms with Gasteiger partial charge in [-0.3, -0.25) is 9.79 Å². The lowest BCUT2D eigenvalue weighted by Gasteiger charge is -2.12. The molecule has 18 heavy (non-hydrogen) atoms. The minimum Gasteiger partial charge on any atom is -0.481 e. The molecule has 0 radical (unpaired) electrons. The van der Waals surface area contributed by atoms with Crippen molar-refractivity contribution in [2.45, 2.75) is 25.4 Å². The van der Waals surface area contributed by atoms with E-state index in [1.54, 1.807) is 0 Å². The predicted molar refractivity (Wildman–Crippen MR) is 69.2 cm³/mol. The smallest absolute Gasteiger partial charge is 0.303 e. The molecule has 4 nitrogen and oxygen atoms in total. The first-order chi connectivity index (χ1) is 8.65. The van der Waals surface area contributed by atoms with Crippen LogP contribution in [0.1, 0.15) is 18.4 Å². The largest absolute Gasteiger partial charge is 0.481 e. The van der Waals surface area contributed by atoms with E-state index in [-0.39, 0.29) is 12.5 Å². The maximum absolute atomic E-state index is 10.4. The molecule has 5 heteroatoms. The number of rotatable bonds is 5. The summed E-state index contributed by atoms with van der Waals surface area (Å²) in [6.45, 7) is 0.570. The van der Waals surface area contributed by atoms with Crippen LogP contribution in [0.25, 0.3) is 0 Å². The monoisotopic (exact) mass is 267 g/mol. The van der Waals surface area contributed by atoms with E-state index >= 15 is 0 Å². The molecule has 0 spiro atoms. The number of aliphatic carboxylic acids is 1. The zero-order valence-corrected chi connectivity index (χ0v) is 10.6. The number of nitrogens with zero attached hydrogens (tertiary/aromatic N) is 1. The molecule has 0 aromatic heterocycles. The Kier molecular flexibility index (Phi) is 4.20. The lowest BCUT2D eigenvalue weighted by molar-refractivity contribution is -0.136. The summed E-state index contributed by atoms with van der Waals surface area (Å²) in [5.74, 6) is -0.301. The molecule has 0 saturated heterocycles. The minimum absolute atomic E-state index is 0.0336. The highest BCUT2D eigenvalue weighted by atomic mass is 35.5. The second-order valence-corrected chi connectivity index (χ2v) is 4.57. The Balaban J connectivity index is 1.85. The third-order valence-corrected chi connectivity index (χ3v) is 3.10. The second kappa shape index (κ2) is 5.87. The molecule has 0 saturated carbocycles. The van der Waals surface area contributed by atoms with Crippen molar-refractivity contribution in [3.8, 4) is 0 Å². The summed E-state index contributed by atoms with van der Waals surface area (Å²) in [5, 5.41) is 9.31. The van der Waals surface area contributed by atoms with Crippen LogP contribution < -0.4 is 0 Å². The van der Waals surface area contributed by atoms with E-state index in [1.165, 1.54) is 0 Å². The minimum atomic E-state index is -0.837. The highest BCUT2D eigenvalue weighted by Gasteiger charge is 2.21. The van der Waals surface area contributed by atoms with E-state index in [0.717, 1.165) is 10.6 Å². The number of carboxylic acids is 1. The molecule has 1 aliphatic heterocycles. The van der Waals surface area contributed by atoms with Crippen molar-refractivity contribution in [2.24, 2.45) is 4.99 Å². The Bertz CT molecular complexity index is 473. The third kappa shape index (κ3) is 3.47. The van der Waals surface area contributed by atoms with Crippen molar-refractivity contribution >= 4 is 23.5 Å². The summed E-state index contributed by atoms with van der Waals surface area (Å²) in [6.07, 6.45) is 1.07. The first kappa shape index (κ1) is 12.9. The van der Waals surface area contributed by atoms with Gasteiger partial charge in [-0.25, -0.2) is 0 Å². The van der Waals surface area contributed by atoms with Gasteiger partial charge in [0.25, 0.3) is 0 Å². The molecule has 2 rings (SSSR count). The summed E-state index contributed by atoms with van der Waals surface area (Å²) < 4.78 is 5.60. The summed E-state index contributed by atoms with van der Waals surface area (Å²) >= 11 is 6.07. The molecule has 0 fully saturated rings. The molecule has 1 heterocycles. The van der Waals surface area contributed by atoms with Crippen molar-refractivity contribution in [2.75, 3.05) is 6.54 Å². The van der Waals surface area contributed by atoms with Crippen LogP contribution in [0.5, 0.6) is 0 Å². The van der Waals surface area contributed by atoms with E-state index in [9.17, 15) is 4.79 Å². The van der Waals surface area contributed by atoms with Crippen molar-refractivity contribution in [3.63, 3.8) is 0 Å². The lowest BCUT2D eigenvalue weighted by Crippen LogP contribution is -2.16. The molecule has 1 aromatic rings. The molecule has 96 valence electrons. The fraction of sp³-hybridized carbons (Fsp3) is 0.385. The van der Waals surface area contributed by atoms with Gasteiger partial charge in [-0.1, -0.05) is 29.8 Å². The summed E-state index contributed by atoms with van der Waals surface area (Å²) in [4.78, 5) is 14.6. The van der Waals surface area contributed by atoms with Gasteiger partial charge in [-0.05, 0) is 11.6 Å². The Hall–Kier alpha value is -1.55. The van der Waals surface area contributed by atoms with Crippen LogP contribution in [0.4, 0.5) is 0 Å². The van der Waals surface area contributed by atoms with Crippen LogP contribution in [0.3, 0.4) is 0 Å². The first-order valence-electron chi connectivity index (χ1n) is 5.80. The number of hydrogen-bond donors (Lipinski definition) is 1. The van der Waals surface area contributed by atoms with E-state index in [4.69, 9.17) is 21.4 Å². The van der Waals surface area contributed by atoms with Gasteiger partial charge < -0.3 is 9.84 Å². The first-order valence-corrected chi connectivity index (χ1v) is 6.18. The average Bonchev–Trinajstić information content (AvgIpc) is 2.77. The van der Waals surface area contributed by atoms with Crippen molar-refractivity contribution in [1.29, 1.82) is 0 Å². The maximum Gasteiger partial charge on any atom is 0.303 e. The number of halogens is 1. The number of benzene rings is 1. The highest BCUT2D eigenvalue weighted by molar-refractivity contribution is 6.31. The zero-order valence-electron chi connectivity index (χ0n) is 9.80. The van der Waals surface area contributed by atoms with Crippen LogP contribution in [0, 0.1) is 0 Å². The van der Waals surface area contributed by atoms with Gasteiger partial charge in [-0.15, -0.1) is 0 Å². The van der Waals surface area contributed by atoms with Crippen molar-refractivity contribution < 1.29 is 14.6 Å². The molecule has 1 aromatic carbocycles. The fourth-order valence-corrected chi connectivity index (χ4v) is 2.05. The zero-order chi connectivity index (χ0) is 13.0. The lowest BCUT2D eigenvalue weighted by atomic mass is 10.1. The summed E-state index contributed by atoms with van der Waals surface area (Å²) in [6, 6.07) is 7.62. The second-order valence-electron chi connectivity index (χ2n) is 4.16. The van der Waals surface area contributed by atoms with Gasteiger partial charge in [0.2, 0.25) is 0 Å². The quantitative estimate of drug-likeness (QED) is 0.892. The van der Waals surface area contributed by atoms with Crippen LogP contribution >= 0.6 is 11.6 Å². The maximum atomic E-state index is 10.4. The Morgan fingerprint density at radius 2 is 2.28 bits per heavy atom. The standard InChI is InChI=1S/C13H14ClNO3/c14-11-4-2-1-3-9(11)7-10-8-15-12(18-10)5-6-13(16)17/h1-4,10H,5-8H2,(H,16,17). The molecule has 1 atom stereocenters. The molecule has 1 aliphatic rings. The Morgan fingerprint density at radius 1 is 1.50 bits per heavy atom. The van der Waals surface area contributed by atoms with Gasteiger partial charge in [0, 0.05) is 17.9 Å². The predicted octanol–water partition coefficient (Wildman–Crippen LogP) is 2.54. The fourth-order valence-electron chi connectivity index (χ4n) is 1.84. The van der Waals surface area contributed by atoms with Gasteiger partial charge in [0.15, 0.2) is 5.90 Å². The van der Waals surface area contributed by atoms with Crippen molar-refractivity contribution in [3.05, 3.63) is 34.9 Å². The van der Waals surface area contributed by atoms with Gasteiger partial charge in [0.1, 0.15) is 6.10 Å². The van der Waals surface area contributed by atoms with Crippen LogP contribution in [-0.2, 0) is 16.0 Å². The molecule has 0 bridgehead atoms. The van der Waals surface area contributed by atoms with E-state index in [0.29, 0.717) is 25.3 Å². The number of carbonyl (C=O) groups is 1. The SMILES string of the molecule is O=C(O)CCC1=NCC(Cc2ccccc2Cl)O1. The van der Waals surface area contributed by atoms with E-state index in [1.807, 2.05) is 24.3 Å². The van der Waals surface area contributed by atoms with Crippen LogP contribution in [-0.4, -0.2) is 29.6 Å². The van der Waals surface area contributed by atoms with E-state index < -0.39 is 5.97 Å². The Morgan fingerprint density at radius 3 is 3.00 bits per heavy atom. The number of ether oxygens (including phenoxy) is 1. The average molecular weight is 268 g/mol. The van der Waals surface area contributed by atoms with Gasteiger partial charge in [-0.2, -0.15) is 0 Å². The molecule has 1 N–H and O–H groups in total. The topological polar surface area (TPSA) is 58.9 Å². The number of carboxylic acid groups (broad SMARTS) is 1. The normalized spacial score (nSPS) is 18.3. The van der Waals surface area contributed by atoms with E-state index in [2.05, 4.69) is 4.99 Å². The van der Waals surface area contributed by atoms with Crippen molar-refractivity contribution in [1.82, 2.24) is 0 Å². The van der Waals surface area contributed by atoms with Crippen LogP contribution in [0.15, 0.2) is 29.3 Å². The molecule has 0 aliphatic carbocycles. The molecular weight excluding hydrogens is 254 g/mol. The molecule has 0 amide bonds. The van der Waals surface area contributed by atoms with Gasteiger partial charge in [0.05, 0.1) is 13.0 Å². The number of aliphatic imine (C=N–C) groups is 1. The summed E-state index contributed by atoms with van der Waals surface area (Å²) in [5.41, 5.74) is 1.03.